The second kappa shape index (κ2) is 7.55. The van der Waals surface area contributed by atoms with Gasteiger partial charge in [-0.15, -0.1) is 11.3 Å². The molecule has 2 atom stereocenters. The number of allylic oxidation sites excluding steroid dienone is 2. The summed E-state index contributed by atoms with van der Waals surface area (Å²) in [5.74, 6) is -1.54. The highest BCUT2D eigenvalue weighted by Crippen LogP contribution is 2.35. The Labute approximate surface area is 173 Å². The first-order chi connectivity index (χ1) is 13.8. The van der Waals surface area contributed by atoms with Crippen molar-refractivity contribution in [1.82, 2.24) is 9.88 Å². The molecule has 1 N–H and O–H groups in total. The Kier molecular flexibility index (Phi) is 5.08. The van der Waals surface area contributed by atoms with Crippen molar-refractivity contribution in [3.63, 3.8) is 0 Å². The van der Waals surface area contributed by atoms with Crippen molar-refractivity contribution >= 4 is 34.2 Å². The number of amides is 3. The van der Waals surface area contributed by atoms with Crippen LogP contribution in [0.25, 0.3) is 11.3 Å². The van der Waals surface area contributed by atoms with Gasteiger partial charge in [-0.05, 0) is 44.7 Å². The minimum atomic E-state index is -0.406. The summed E-state index contributed by atoms with van der Waals surface area (Å²) < 4.78 is 0. The Morgan fingerprint density at radius 1 is 1.10 bits per heavy atom. The van der Waals surface area contributed by atoms with Crippen LogP contribution in [0.15, 0.2) is 29.7 Å². The fourth-order valence-electron chi connectivity index (χ4n) is 4.36. The molecule has 3 amide bonds. The average Bonchev–Trinajstić information content (AvgIpc) is 3.20. The summed E-state index contributed by atoms with van der Waals surface area (Å²) in [5, 5.41) is 5.11. The monoisotopic (exact) mass is 409 g/mol. The molecule has 2 aliphatic rings. The van der Waals surface area contributed by atoms with E-state index in [1.54, 1.807) is 0 Å². The molecule has 0 bridgehead atoms. The number of nitrogens with zero attached hydrogens (tertiary/aromatic N) is 2. The van der Waals surface area contributed by atoms with Crippen LogP contribution in [-0.4, -0.2) is 34.2 Å². The van der Waals surface area contributed by atoms with Gasteiger partial charge in [0.2, 0.25) is 17.7 Å². The fourth-order valence-corrected chi connectivity index (χ4v) is 5.07. The Balaban J connectivity index is 1.45. The van der Waals surface area contributed by atoms with E-state index >= 15 is 0 Å². The number of hydrogen-bond acceptors (Lipinski definition) is 5. The summed E-state index contributed by atoms with van der Waals surface area (Å²) in [4.78, 5) is 43.1. The maximum atomic E-state index is 12.5. The average molecular weight is 410 g/mol. The third-order valence-electron chi connectivity index (χ3n) is 5.58. The van der Waals surface area contributed by atoms with Gasteiger partial charge in [0.1, 0.15) is 6.54 Å². The van der Waals surface area contributed by atoms with Crippen molar-refractivity contribution in [1.29, 1.82) is 0 Å². The Hall–Kier alpha value is -2.80. The summed E-state index contributed by atoms with van der Waals surface area (Å²) in [6.07, 6.45) is 5.00. The van der Waals surface area contributed by atoms with Gasteiger partial charge in [0.05, 0.1) is 17.5 Å². The molecule has 6 nitrogen and oxygen atoms in total. The van der Waals surface area contributed by atoms with E-state index < -0.39 is 5.91 Å². The van der Waals surface area contributed by atoms with Crippen molar-refractivity contribution in [3.05, 3.63) is 46.4 Å². The van der Waals surface area contributed by atoms with Crippen molar-refractivity contribution < 1.29 is 14.4 Å². The molecule has 29 heavy (non-hydrogen) atoms. The maximum Gasteiger partial charge on any atom is 0.246 e. The standard InChI is InChI=1S/C22H23N3O3S/c1-12-8-13(2)19(14(3)9-12)17-11-29-22(23-17)24-18(26)10-25-20(27)15-6-4-5-7-16(15)21(25)28/h4-5,8-9,11,15-16H,6-7,10H2,1-3H3,(H,23,24,26)/t15-,16-/m1/s1. The normalized spacial score (nSPS) is 20.9. The Bertz CT molecular complexity index is 991. The number of imide groups is 1. The van der Waals surface area contributed by atoms with E-state index in [1.165, 1.54) is 16.9 Å². The zero-order chi connectivity index (χ0) is 20.7. The minimum absolute atomic E-state index is 0.245. The molecule has 2 heterocycles. The number of fused-ring (bicyclic) bond motifs is 1. The van der Waals surface area contributed by atoms with Crippen LogP contribution < -0.4 is 5.32 Å². The van der Waals surface area contributed by atoms with E-state index in [1.807, 2.05) is 31.4 Å². The Morgan fingerprint density at radius 2 is 1.69 bits per heavy atom. The predicted molar refractivity (Wildman–Crippen MR) is 112 cm³/mol. The van der Waals surface area contributed by atoms with Crippen LogP contribution >= 0.6 is 11.3 Å². The molecular weight excluding hydrogens is 386 g/mol. The van der Waals surface area contributed by atoms with E-state index in [4.69, 9.17) is 0 Å². The lowest BCUT2D eigenvalue weighted by Gasteiger charge is -2.14. The van der Waals surface area contributed by atoms with Crippen LogP contribution in [0.3, 0.4) is 0 Å². The van der Waals surface area contributed by atoms with Gasteiger partial charge in [-0.3, -0.25) is 19.3 Å². The van der Waals surface area contributed by atoms with Crippen molar-refractivity contribution in [2.45, 2.75) is 33.6 Å². The van der Waals surface area contributed by atoms with Crippen LogP contribution in [0.5, 0.6) is 0 Å². The second-order valence-corrected chi connectivity index (χ2v) is 8.64. The summed E-state index contributed by atoms with van der Waals surface area (Å²) in [7, 11) is 0. The van der Waals surface area contributed by atoms with Crippen molar-refractivity contribution in [3.8, 4) is 11.3 Å². The Morgan fingerprint density at radius 3 is 2.28 bits per heavy atom. The first-order valence-electron chi connectivity index (χ1n) is 9.69. The van der Waals surface area contributed by atoms with Gasteiger partial charge < -0.3 is 5.32 Å². The molecule has 0 unspecified atom stereocenters. The van der Waals surface area contributed by atoms with Gasteiger partial charge in [-0.2, -0.15) is 0 Å². The number of likely N-dealkylation sites (tertiary alicyclic amines) is 1. The molecule has 2 aromatic rings. The summed E-state index contributed by atoms with van der Waals surface area (Å²) >= 11 is 1.33. The number of aromatic nitrogens is 1. The topological polar surface area (TPSA) is 79.4 Å². The molecular formula is C22H23N3O3S. The molecule has 1 aromatic heterocycles. The fraction of sp³-hybridized carbons (Fsp3) is 0.364. The minimum Gasteiger partial charge on any atom is -0.300 e. The highest BCUT2D eigenvalue weighted by Gasteiger charge is 2.47. The number of nitrogens with one attached hydrogen (secondary N) is 1. The summed E-state index contributed by atoms with van der Waals surface area (Å²) in [6.45, 7) is 5.89. The number of rotatable bonds is 4. The number of carbonyl (C=O) groups excluding carboxylic acids is 3. The highest BCUT2D eigenvalue weighted by molar-refractivity contribution is 7.14. The van der Waals surface area contributed by atoms with Crippen LogP contribution in [-0.2, 0) is 14.4 Å². The number of benzene rings is 1. The van der Waals surface area contributed by atoms with Crippen LogP contribution in [0, 0.1) is 32.6 Å². The quantitative estimate of drug-likeness (QED) is 0.618. The van der Waals surface area contributed by atoms with Crippen molar-refractivity contribution in [2.75, 3.05) is 11.9 Å². The zero-order valence-corrected chi connectivity index (χ0v) is 17.5. The van der Waals surface area contributed by atoms with Gasteiger partial charge >= 0.3 is 0 Å². The van der Waals surface area contributed by atoms with Gasteiger partial charge in [-0.25, -0.2) is 4.98 Å². The lowest BCUT2D eigenvalue weighted by atomic mass is 9.85. The molecule has 1 fully saturated rings. The summed E-state index contributed by atoms with van der Waals surface area (Å²) in [5.41, 5.74) is 5.34. The van der Waals surface area contributed by atoms with E-state index in [0.717, 1.165) is 27.3 Å². The second-order valence-electron chi connectivity index (χ2n) is 7.78. The summed E-state index contributed by atoms with van der Waals surface area (Å²) in [6, 6.07) is 4.22. The zero-order valence-electron chi connectivity index (χ0n) is 16.7. The maximum absolute atomic E-state index is 12.5. The molecule has 1 aliphatic carbocycles. The van der Waals surface area contributed by atoms with Gasteiger partial charge in [0, 0.05) is 10.9 Å². The number of carbonyl (C=O) groups is 3. The number of aryl methyl sites for hydroxylation is 3. The SMILES string of the molecule is Cc1cc(C)c(-c2csc(NC(=O)CN3C(=O)[C@@H]4CC=CC[C@H]4C3=O)n2)c(C)c1. The van der Waals surface area contributed by atoms with Crippen molar-refractivity contribution in [2.24, 2.45) is 11.8 Å². The largest absolute Gasteiger partial charge is 0.300 e. The third-order valence-corrected chi connectivity index (χ3v) is 6.34. The molecule has 150 valence electrons. The lowest BCUT2D eigenvalue weighted by molar-refractivity contribution is -0.142. The van der Waals surface area contributed by atoms with Crippen LogP contribution in [0.1, 0.15) is 29.5 Å². The molecule has 0 radical (unpaired) electrons. The van der Waals surface area contributed by atoms with E-state index in [2.05, 4.69) is 29.4 Å². The molecule has 0 spiro atoms. The van der Waals surface area contributed by atoms with Gasteiger partial charge in [0.25, 0.3) is 0 Å². The van der Waals surface area contributed by atoms with E-state index in [0.29, 0.717) is 18.0 Å². The first-order valence-corrected chi connectivity index (χ1v) is 10.6. The number of thiazole rings is 1. The van der Waals surface area contributed by atoms with E-state index in [9.17, 15) is 14.4 Å². The molecule has 1 aromatic carbocycles. The molecule has 4 rings (SSSR count). The highest BCUT2D eigenvalue weighted by atomic mass is 32.1. The molecule has 0 saturated carbocycles. The van der Waals surface area contributed by atoms with E-state index in [-0.39, 0.29) is 30.2 Å². The van der Waals surface area contributed by atoms with Crippen LogP contribution in [0.2, 0.25) is 0 Å². The molecule has 7 heteroatoms. The lowest BCUT2D eigenvalue weighted by Crippen LogP contribution is -2.38. The number of anilines is 1. The molecule has 1 saturated heterocycles. The number of hydrogen-bond donors (Lipinski definition) is 1. The first kappa shape index (κ1) is 19.5. The third kappa shape index (κ3) is 3.62. The van der Waals surface area contributed by atoms with Gasteiger partial charge in [-0.1, -0.05) is 29.8 Å². The van der Waals surface area contributed by atoms with Gasteiger partial charge in [0.15, 0.2) is 5.13 Å². The molecule has 1 aliphatic heterocycles. The smallest absolute Gasteiger partial charge is 0.246 e. The van der Waals surface area contributed by atoms with Crippen LogP contribution in [0.4, 0.5) is 5.13 Å². The predicted octanol–water partition coefficient (Wildman–Crippen LogP) is 3.63.